The number of carbonyl (C=O) groups excluding carboxylic acids is 1. The molecule has 0 aliphatic rings. The Kier molecular flexibility index (Phi) is 11.7. The van der Waals surface area contributed by atoms with Crippen LogP contribution in [0, 0.1) is 0 Å². The molecule has 1 rings (SSSR count). The molecule has 29 heavy (non-hydrogen) atoms. The van der Waals surface area contributed by atoms with E-state index in [0.29, 0.717) is 25.6 Å². The number of guanidine groups is 1. The van der Waals surface area contributed by atoms with Crippen molar-refractivity contribution in [3.63, 3.8) is 0 Å². The fraction of sp³-hybridized carbons (Fsp3) is 0.588. The molecule has 0 spiro atoms. The molecule has 166 valence electrons. The van der Waals surface area contributed by atoms with Crippen molar-refractivity contribution in [2.45, 2.75) is 39.1 Å². The summed E-state index contributed by atoms with van der Waals surface area (Å²) in [6.45, 7) is 5.06. The minimum atomic E-state index is -4.40. The molecule has 0 saturated carbocycles. The number of aliphatic imine (C=N–C) groups is 1. The highest BCUT2D eigenvalue weighted by molar-refractivity contribution is 14.0. The number of nitrogens with zero attached hydrogens (tertiary/aromatic N) is 2. The average molecular weight is 533 g/mol. The first-order valence-corrected chi connectivity index (χ1v) is 8.54. The minimum Gasteiger partial charge on any atom is -0.468 e. The second-order valence-corrected chi connectivity index (χ2v) is 6.69. The van der Waals surface area contributed by atoms with E-state index in [-0.39, 0.29) is 29.9 Å². The molecule has 3 N–H and O–H groups in total. The number of hydrogen-bond acceptors (Lipinski definition) is 5. The monoisotopic (exact) mass is 533 g/mol. The Balaban J connectivity index is 0.00000784. The van der Waals surface area contributed by atoms with Crippen molar-refractivity contribution >= 4 is 36.0 Å². The molecule has 0 unspecified atom stereocenters. The predicted octanol–water partition coefficient (Wildman–Crippen LogP) is 2.83. The molecule has 0 radical (unpaired) electrons. The fourth-order valence-electron chi connectivity index (χ4n) is 1.82. The zero-order chi connectivity index (χ0) is 21.2. The summed E-state index contributed by atoms with van der Waals surface area (Å²) in [5.74, 6) is 0.389. The van der Waals surface area contributed by atoms with Crippen LogP contribution < -0.4 is 20.7 Å². The van der Waals surface area contributed by atoms with Crippen molar-refractivity contribution in [1.29, 1.82) is 0 Å². The van der Waals surface area contributed by atoms with Crippen LogP contribution in [0.4, 0.5) is 18.0 Å². The molecule has 0 fully saturated rings. The first-order chi connectivity index (χ1) is 13.0. The topological polar surface area (TPSA) is 96.9 Å². The van der Waals surface area contributed by atoms with Crippen molar-refractivity contribution in [2.75, 3.05) is 26.7 Å². The normalized spacial score (nSPS) is 11.9. The summed E-state index contributed by atoms with van der Waals surface area (Å²) in [5, 5.41) is 8.64. The van der Waals surface area contributed by atoms with Gasteiger partial charge < -0.3 is 25.4 Å². The average Bonchev–Trinajstić information content (AvgIpc) is 2.58. The molecule has 0 aliphatic carbocycles. The Labute approximate surface area is 185 Å². The Bertz CT molecular complexity index is 649. The molecule has 8 nitrogen and oxygen atoms in total. The van der Waals surface area contributed by atoms with Gasteiger partial charge in [0.2, 0.25) is 5.88 Å². The summed E-state index contributed by atoms with van der Waals surface area (Å²) in [6.07, 6.45) is -3.50. The van der Waals surface area contributed by atoms with Gasteiger partial charge in [-0.3, -0.25) is 4.99 Å². The van der Waals surface area contributed by atoms with E-state index in [1.165, 1.54) is 12.3 Å². The molecule has 12 heteroatoms. The number of alkyl carbamates (subject to hydrolysis) is 1. The summed E-state index contributed by atoms with van der Waals surface area (Å²) in [4.78, 5) is 19.4. The first kappa shape index (κ1) is 27.0. The Morgan fingerprint density at radius 2 is 1.79 bits per heavy atom. The molecule has 1 heterocycles. The molecule has 1 aromatic rings. The molecular weight excluding hydrogens is 506 g/mol. The van der Waals surface area contributed by atoms with E-state index in [2.05, 4.69) is 30.7 Å². The SMILES string of the molecule is CN=C(NCCNC(=O)OC(C)(C)C)NCc1ccc(OCC(F)(F)F)nc1.I. The third kappa shape index (κ3) is 13.8. The van der Waals surface area contributed by atoms with Crippen LogP contribution in [0.3, 0.4) is 0 Å². The number of ether oxygens (including phenoxy) is 2. The van der Waals surface area contributed by atoms with E-state index in [9.17, 15) is 18.0 Å². The van der Waals surface area contributed by atoms with Crippen LogP contribution in [0.15, 0.2) is 23.3 Å². The maximum atomic E-state index is 12.1. The van der Waals surface area contributed by atoms with Gasteiger partial charge in [0.15, 0.2) is 12.6 Å². The molecule has 0 bridgehead atoms. The van der Waals surface area contributed by atoms with Crippen molar-refractivity contribution in [2.24, 2.45) is 4.99 Å². The second-order valence-electron chi connectivity index (χ2n) is 6.69. The van der Waals surface area contributed by atoms with Gasteiger partial charge in [0, 0.05) is 38.9 Å². The van der Waals surface area contributed by atoms with Gasteiger partial charge in [-0.15, -0.1) is 24.0 Å². The standard InChI is InChI=1S/C17H26F3N5O3.HI/c1-16(2,3)28-15(26)23-8-7-22-14(21-4)25-10-12-5-6-13(24-9-12)27-11-17(18,19)20;/h5-6,9H,7-8,10-11H2,1-4H3,(H,23,26)(H2,21,22,25);1H. The summed E-state index contributed by atoms with van der Waals surface area (Å²) < 4.78 is 46.0. The quantitative estimate of drug-likeness (QED) is 0.216. The lowest BCUT2D eigenvalue weighted by Crippen LogP contribution is -2.42. The van der Waals surface area contributed by atoms with Crippen LogP contribution in [0.25, 0.3) is 0 Å². The van der Waals surface area contributed by atoms with Crippen molar-refractivity contribution in [3.05, 3.63) is 23.9 Å². The lowest BCUT2D eigenvalue weighted by Gasteiger charge is -2.19. The molecule has 0 aliphatic heterocycles. The number of hydrogen-bond donors (Lipinski definition) is 3. The van der Waals surface area contributed by atoms with E-state index in [0.717, 1.165) is 5.56 Å². The molecule has 0 aromatic carbocycles. The number of alkyl halides is 3. The van der Waals surface area contributed by atoms with Crippen LogP contribution >= 0.6 is 24.0 Å². The number of carbonyl (C=O) groups is 1. The van der Waals surface area contributed by atoms with Gasteiger partial charge in [0.05, 0.1) is 0 Å². The maximum absolute atomic E-state index is 12.1. The smallest absolute Gasteiger partial charge is 0.422 e. The van der Waals surface area contributed by atoms with Gasteiger partial charge in [-0.05, 0) is 26.3 Å². The Hall–Kier alpha value is -1.99. The number of nitrogens with one attached hydrogen (secondary N) is 3. The van der Waals surface area contributed by atoms with Gasteiger partial charge in [0.1, 0.15) is 5.60 Å². The van der Waals surface area contributed by atoms with E-state index in [1.54, 1.807) is 33.9 Å². The maximum Gasteiger partial charge on any atom is 0.422 e. The third-order valence-electron chi connectivity index (χ3n) is 2.95. The number of aromatic nitrogens is 1. The van der Waals surface area contributed by atoms with Crippen molar-refractivity contribution in [3.8, 4) is 5.88 Å². The predicted molar refractivity (Wildman–Crippen MR) is 114 cm³/mol. The number of rotatable bonds is 7. The molecular formula is C17H27F3IN5O3. The van der Waals surface area contributed by atoms with Crippen molar-refractivity contribution < 1.29 is 27.4 Å². The van der Waals surface area contributed by atoms with Crippen molar-refractivity contribution in [1.82, 2.24) is 20.9 Å². The minimum absolute atomic E-state index is 0. The zero-order valence-electron chi connectivity index (χ0n) is 16.7. The van der Waals surface area contributed by atoms with Crippen LogP contribution in [0.1, 0.15) is 26.3 Å². The molecule has 1 amide bonds. The molecule has 1 aromatic heterocycles. The Morgan fingerprint density at radius 1 is 1.14 bits per heavy atom. The number of amides is 1. The molecule has 0 saturated heterocycles. The molecule has 0 atom stereocenters. The first-order valence-electron chi connectivity index (χ1n) is 8.54. The van der Waals surface area contributed by atoms with Crippen LogP contribution in [-0.2, 0) is 11.3 Å². The summed E-state index contributed by atoms with van der Waals surface area (Å²) in [7, 11) is 1.59. The van der Waals surface area contributed by atoms with E-state index in [1.807, 2.05) is 0 Å². The summed E-state index contributed by atoms with van der Waals surface area (Å²) in [5.41, 5.74) is 0.172. The number of pyridine rings is 1. The van der Waals surface area contributed by atoms with Crippen LogP contribution in [0.5, 0.6) is 5.88 Å². The lowest BCUT2D eigenvalue weighted by molar-refractivity contribution is -0.154. The summed E-state index contributed by atoms with van der Waals surface area (Å²) >= 11 is 0. The highest BCUT2D eigenvalue weighted by atomic mass is 127. The van der Waals surface area contributed by atoms with E-state index in [4.69, 9.17) is 4.74 Å². The van der Waals surface area contributed by atoms with Gasteiger partial charge in [-0.25, -0.2) is 9.78 Å². The van der Waals surface area contributed by atoms with Gasteiger partial charge in [-0.2, -0.15) is 13.2 Å². The highest BCUT2D eigenvalue weighted by Crippen LogP contribution is 2.17. The van der Waals surface area contributed by atoms with Gasteiger partial charge >= 0.3 is 12.3 Å². The van der Waals surface area contributed by atoms with Gasteiger partial charge in [0.25, 0.3) is 0 Å². The van der Waals surface area contributed by atoms with E-state index < -0.39 is 24.5 Å². The Morgan fingerprint density at radius 3 is 2.31 bits per heavy atom. The lowest BCUT2D eigenvalue weighted by atomic mass is 10.2. The highest BCUT2D eigenvalue weighted by Gasteiger charge is 2.28. The summed E-state index contributed by atoms with van der Waals surface area (Å²) in [6, 6.07) is 2.97. The van der Waals surface area contributed by atoms with Gasteiger partial charge in [-0.1, -0.05) is 6.07 Å². The van der Waals surface area contributed by atoms with E-state index >= 15 is 0 Å². The second kappa shape index (κ2) is 12.5. The number of halogens is 4. The van der Waals surface area contributed by atoms with Crippen LogP contribution in [-0.4, -0.2) is 55.6 Å². The zero-order valence-corrected chi connectivity index (χ0v) is 19.1. The van der Waals surface area contributed by atoms with Crippen LogP contribution in [0.2, 0.25) is 0 Å². The fourth-order valence-corrected chi connectivity index (χ4v) is 1.82. The third-order valence-corrected chi connectivity index (χ3v) is 2.95. The largest absolute Gasteiger partial charge is 0.468 e.